The van der Waals surface area contributed by atoms with Gasteiger partial charge in [-0.2, -0.15) is 0 Å². The van der Waals surface area contributed by atoms with E-state index in [0.29, 0.717) is 17.1 Å². The molecule has 3 rings (SSSR count). The Hall–Kier alpha value is -3.62. The summed E-state index contributed by atoms with van der Waals surface area (Å²) >= 11 is 0. The average molecular weight is 402 g/mol. The van der Waals surface area contributed by atoms with Crippen molar-refractivity contribution in [2.75, 3.05) is 21.3 Å². The van der Waals surface area contributed by atoms with Gasteiger partial charge in [0.2, 0.25) is 5.89 Å². The van der Waals surface area contributed by atoms with Crippen LogP contribution in [0.3, 0.4) is 0 Å². The average Bonchev–Trinajstić information content (AvgIpc) is 3.23. The number of carbonyl (C=O) groups excluding carboxylic acids is 1. The van der Waals surface area contributed by atoms with Crippen molar-refractivity contribution in [2.45, 2.75) is 13.0 Å². The lowest BCUT2D eigenvalue weighted by molar-refractivity contribution is 0.0276. The molecule has 0 aliphatic heterocycles. The van der Waals surface area contributed by atoms with E-state index in [0.717, 1.165) is 0 Å². The fourth-order valence-electron chi connectivity index (χ4n) is 2.57. The fourth-order valence-corrected chi connectivity index (χ4v) is 2.57. The molecule has 3 aromatic rings. The van der Waals surface area contributed by atoms with Crippen LogP contribution in [-0.4, -0.2) is 37.5 Å². The fraction of sp³-hybridized carbons (Fsp3) is 0.250. The van der Waals surface area contributed by atoms with Crippen LogP contribution < -0.4 is 14.2 Å². The van der Waals surface area contributed by atoms with Gasteiger partial charge in [0.1, 0.15) is 17.1 Å². The van der Waals surface area contributed by atoms with Crippen LogP contribution in [0.25, 0.3) is 11.5 Å². The lowest BCUT2D eigenvalue weighted by atomic mass is 10.1. The van der Waals surface area contributed by atoms with E-state index in [-0.39, 0.29) is 28.9 Å². The first-order chi connectivity index (χ1) is 14.0. The Morgan fingerprint density at radius 1 is 0.966 bits per heavy atom. The van der Waals surface area contributed by atoms with E-state index in [1.54, 1.807) is 6.92 Å². The molecule has 0 saturated carbocycles. The summed E-state index contributed by atoms with van der Waals surface area (Å²) in [6.45, 7) is 1.59. The standard InChI is InChI=1S/C20H19FN2O6/c1-11(18-22-23-19(29-18)12-5-7-13(21)8-6-12)28-20(24)14-9-16(26-3)17(27-4)10-15(14)25-2/h5-11H,1-4H3/t11-/m1/s1. The van der Waals surface area contributed by atoms with Crippen molar-refractivity contribution in [1.29, 1.82) is 0 Å². The molecule has 0 aliphatic carbocycles. The zero-order valence-corrected chi connectivity index (χ0v) is 16.3. The number of hydrogen-bond donors (Lipinski definition) is 0. The third kappa shape index (κ3) is 4.29. The predicted octanol–water partition coefficient (Wildman–Crippen LogP) is 3.82. The van der Waals surface area contributed by atoms with Gasteiger partial charge in [-0.15, -0.1) is 10.2 Å². The Labute approximate surface area is 166 Å². The van der Waals surface area contributed by atoms with Crippen molar-refractivity contribution < 1.29 is 32.5 Å². The maximum Gasteiger partial charge on any atom is 0.342 e. The van der Waals surface area contributed by atoms with Gasteiger partial charge in [0.15, 0.2) is 17.6 Å². The van der Waals surface area contributed by atoms with Gasteiger partial charge in [-0.05, 0) is 31.2 Å². The number of hydrogen-bond acceptors (Lipinski definition) is 8. The topological polar surface area (TPSA) is 92.9 Å². The van der Waals surface area contributed by atoms with E-state index in [1.165, 1.54) is 57.7 Å². The molecule has 8 nitrogen and oxygen atoms in total. The van der Waals surface area contributed by atoms with Gasteiger partial charge in [-0.25, -0.2) is 9.18 Å². The van der Waals surface area contributed by atoms with E-state index in [1.807, 2.05) is 0 Å². The minimum atomic E-state index is -0.831. The molecule has 2 aromatic carbocycles. The molecule has 1 atom stereocenters. The number of aromatic nitrogens is 2. The molecule has 0 aliphatic rings. The van der Waals surface area contributed by atoms with E-state index >= 15 is 0 Å². The number of esters is 1. The molecule has 0 unspecified atom stereocenters. The van der Waals surface area contributed by atoms with Crippen molar-refractivity contribution in [2.24, 2.45) is 0 Å². The molecule has 0 N–H and O–H groups in total. The van der Waals surface area contributed by atoms with Crippen LogP contribution >= 0.6 is 0 Å². The molecule has 0 radical (unpaired) electrons. The molecule has 0 bridgehead atoms. The number of nitrogens with zero attached hydrogens (tertiary/aromatic N) is 2. The third-order valence-electron chi connectivity index (χ3n) is 4.09. The first-order valence-electron chi connectivity index (χ1n) is 8.57. The van der Waals surface area contributed by atoms with Crippen LogP contribution in [0.4, 0.5) is 4.39 Å². The van der Waals surface area contributed by atoms with Crippen molar-refractivity contribution in [3.8, 4) is 28.7 Å². The molecule has 0 spiro atoms. The van der Waals surface area contributed by atoms with Crippen LogP contribution in [0.1, 0.15) is 29.3 Å². The first-order valence-corrected chi connectivity index (χ1v) is 8.57. The molecular formula is C20H19FN2O6. The minimum Gasteiger partial charge on any atom is -0.496 e. The van der Waals surface area contributed by atoms with Crippen molar-refractivity contribution in [1.82, 2.24) is 10.2 Å². The van der Waals surface area contributed by atoms with E-state index in [9.17, 15) is 9.18 Å². The summed E-state index contributed by atoms with van der Waals surface area (Å²) in [7, 11) is 4.36. The summed E-state index contributed by atoms with van der Waals surface area (Å²) in [5, 5.41) is 7.81. The smallest absolute Gasteiger partial charge is 0.342 e. The van der Waals surface area contributed by atoms with Gasteiger partial charge in [0.05, 0.1) is 21.3 Å². The molecule has 0 fully saturated rings. The summed E-state index contributed by atoms with van der Waals surface area (Å²) in [4.78, 5) is 12.7. The van der Waals surface area contributed by atoms with Gasteiger partial charge in [-0.1, -0.05) is 0 Å². The molecule has 0 saturated heterocycles. The largest absolute Gasteiger partial charge is 0.496 e. The van der Waals surface area contributed by atoms with Crippen molar-refractivity contribution >= 4 is 5.97 Å². The lowest BCUT2D eigenvalue weighted by Gasteiger charge is -2.15. The number of methoxy groups -OCH3 is 3. The highest BCUT2D eigenvalue weighted by atomic mass is 19.1. The van der Waals surface area contributed by atoms with Crippen molar-refractivity contribution in [3.05, 3.63) is 53.7 Å². The van der Waals surface area contributed by atoms with Gasteiger partial charge < -0.3 is 23.4 Å². The zero-order valence-electron chi connectivity index (χ0n) is 16.3. The van der Waals surface area contributed by atoms with E-state index < -0.39 is 12.1 Å². The summed E-state index contributed by atoms with van der Waals surface area (Å²) in [5.74, 6) is 0.261. The van der Waals surface area contributed by atoms with Gasteiger partial charge >= 0.3 is 5.97 Å². The number of halogens is 1. The number of rotatable bonds is 7. The van der Waals surface area contributed by atoms with Gasteiger partial charge in [0.25, 0.3) is 5.89 Å². The summed E-state index contributed by atoms with van der Waals surface area (Å²) in [6, 6.07) is 8.58. The highest BCUT2D eigenvalue weighted by Crippen LogP contribution is 2.35. The van der Waals surface area contributed by atoms with Crippen LogP contribution in [0.15, 0.2) is 40.8 Å². The second-order valence-electron chi connectivity index (χ2n) is 5.91. The first kappa shape index (κ1) is 20.1. The Morgan fingerprint density at radius 2 is 1.59 bits per heavy atom. The molecule has 1 heterocycles. The highest BCUT2D eigenvalue weighted by Gasteiger charge is 2.24. The van der Waals surface area contributed by atoms with E-state index in [4.69, 9.17) is 23.4 Å². The highest BCUT2D eigenvalue weighted by molar-refractivity contribution is 5.93. The Morgan fingerprint density at radius 3 is 2.21 bits per heavy atom. The lowest BCUT2D eigenvalue weighted by Crippen LogP contribution is -2.11. The molecule has 1 aromatic heterocycles. The normalized spacial score (nSPS) is 11.6. The molecule has 9 heteroatoms. The van der Waals surface area contributed by atoms with E-state index in [2.05, 4.69) is 10.2 Å². The quantitative estimate of drug-likeness (QED) is 0.551. The zero-order chi connectivity index (χ0) is 21.0. The second kappa shape index (κ2) is 8.59. The maximum atomic E-state index is 13.1. The number of carbonyl (C=O) groups is 1. The molecular weight excluding hydrogens is 383 g/mol. The summed E-state index contributed by atoms with van der Waals surface area (Å²) in [5.41, 5.74) is 0.695. The monoisotopic (exact) mass is 402 g/mol. The van der Waals surface area contributed by atoms with Crippen LogP contribution in [0.5, 0.6) is 17.2 Å². The van der Waals surface area contributed by atoms with Crippen LogP contribution in [0.2, 0.25) is 0 Å². The number of ether oxygens (including phenoxy) is 4. The van der Waals surface area contributed by atoms with Crippen molar-refractivity contribution in [3.63, 3.8) is 0 Å². The number of benzene rings is 2. The molecule has 152 valence electrons. The third-order valence-corrected chi connectivity index (χ3v) is 4.09. The Balaban J connectivity index is 1.80. The molecule has 29 heavy (non-hydrogen) atoms. The summed E-state index contributed by atoms with van der Waals surface area (Å²) in [6.07, 6.45) is -0.831. The SMILES string of the molecule is COc1cc(OC)c(C(=O)O[C@H](C)c2nnc(-c3ccc(F)cc3)o2)cc1OC. The van der Waals surface area contributed by atoms with Crippen LogP contribution in [-0.2, 0) is 4.74 Å². The predicted molar refractivity (Wildman–Crippen MR) is 99.6 cm³/mol. The molecule has 0 amide bonds. The van der Waals surface area contributed by atoms with Crippen LogP contribution in [0, 0.1) is 5.82 Å². The van der Waals surface area contributed by atoms with Gasteiger partial charge in [-0.3, -0.25) is 0 Å². The van der Waals surface area contributed by atoms with Gasteiger partial charge in [0, 0.05) is 17.7 Å². The minimum absolute atomic E-state index is 0.0946. The Kier molecular flexibility index (Phi) is 5.96. The second-order valence-corrected chi connectivity index (χ2v) is 5.91. The summed E-state index contributed by atoms with van der Waals surface area (Å²) < 4.78 is 39.7. The Bertz CT molecular complexity index is 1000. The maximum absolute atomic E-state index is 13.1.